The van der Waals surface area contributed by atoms with E-state index < -0.39 is 0 Å². The molecule has 1 aliphatic heterocycles. The lowest BCUT2D eigenvalue weighted by Gasteiger charge is -2.34. The molecule has 102 valence electrons. The van der Waals surface area contributed by atoms with Gasteiger partial charge in [-0.1, -0.05) is 13.0 Å². The SMILES string of the molecule is C=CCCC(=O)NCC1(C)CCCNC1.Cl.Cl. The average molecular weight is 283 g/mol. The number of rotatable bonds is 5. The first-order chi connectivity index (χ1) is 7.16. The molecule has 1 unspecified atom stereocenters. The van der Waals surface area contributed by atoms with Gasteiger partial charge in [-0.3, -0.25) is 4.79 Å². The Labute approximate surface area is 117 Å². The molecule has 17 heavy (non-hydrogen) atoms. The molecule has 1 saturated heterocycles. The maximum Gasteiger partial charge on any atom is 0.220 e. The fraction of sp³-hybridized carbons (Fsp3) is 0.750. The average Bonchev–Trinajstić information content (AvgIpc) is 2.25. The van der Waals surface area contributed by atoms with Crippen LogP contribution in [0.15, 0.2) is 12.7 Å². The zero-order chi connectivity index (χ0) is 11.1. The lowest BCUT2D eigenvalue weighted by molar-refractivity contribution is -0.121. The van der Waals surface area contributed by atoms with Crippen LogP contribution in [-0.2, 0) is 4.79 Å². The Bertz CT molecular complexity index is 229. The summed E-state index contributed by atoms with van der Waals surface area (Å²) in [5.74, 6) is 0.140. The van der Waals surface area contributed by atoms with Gasteiger partial charge in [-0.15, -0.1) is 31.4 Å². The standard InChI is InChI=1S/C12H22N2O.2ClH/c1-3-4-6-11(15)14-10-12(2)7-5-8-13-9-12;;/h3,13H,1,4-10H2,2H3,(H,14,15);2*1H. The molecule has 0 bridgehead atoms. The maximum atomic E-state index is 11.4. The van der Waals surface area contributed by atoms with Crippen LogP contribution in [0.5, 0.6) is 0 Å². The van der Waals surface area contributed by atoms with Gasteiger partial charge in [-0.2, -0.15) is 0 Å². The molecule has 0 aliphatic carbocycles. The van der Waals surface area contributed by atoms with E-state index in [1.54, 1.807) is 6.08 Å². The van der Waals surface area contributed by atoms with Gasteiger partial charge in [0.05, 0.1) is 0 Å². The Kier molecular flexibility index (Phi) is 10.9. The Morgan fingerprint density at radius 2 is 2.24 bits per heavy atom. The minimum Gasteiger partial charge on any atom is -0.355 e. The van der Waals surface area contributed by atoms with Gasteiger partial charge >= 0.3 is 0 Å². The van der Waals surface area contributed by atoms with Gasteiger partial charge < -0.3 is 10.6 Å². The molecule has 0 saturated carbocycles. The van der Waals surface area contributed by atoms with E-state index in [1.807, 2.05) is 0 Å². The largest absolute Gasteiger partial charge is 0.355 e. The number of hydrogen-bond donors (Lipinski definition) is 2. The van der Waals surface area contributed by atoms with Crippen LogP contribution in [0.2, 0.25) is 0 Å². The number of halogens is 2. The summed E-state index contributed by atoms with van der Waals surface area (Å²) in [4.78, 5) is 11.4. The molecule has 0 aromatic heterocycles. The summed E-state index contributed by atoms with van der Waals surface area (Å²) in [7, 11) is 0. The lowest BCUT2D eigenvalue weighted by Crippen LogP contribution is -2.45. The highest BCUT2D eigenvalue weighted by molar-refractivity contribution is 5.85. The molecular formula is C12H24Cl2N2O. The summed E-state index contributed by atoms with van der Waals surface area (Å²) < 4.78 is 0. The number of carbonyl (C=O) groups is 1. The lowest BCUT2D eigenvalue weighted by atomic mass is 9.83. The van der Waals surface area contributed by atoms with Crippen LogP contribution in [0, 0.1) is 5.41 Å². The van der Waals surface area contributed by atoms with Gasteiger partial charge in [-0.05, 0) is 31.2 Å². The second kappa shape index (κ2) is 9.75. The molecular weight excluding hydrogens is 259 g/mol. The quantitative estimate of drug-likeness (QED) is 0.760. The normalized spacial score (nSPS) is 22.9. The molecule has 1 fully saturated rings. The first-order valence-corrected chi connectivity index (χ1v) is 5.75. The number of hydrogen-bond acceptors (Lipinski definition) is 2. The third kappa shape index (κ3) is 7.63. The van der Waals surface area contributed by atoms with E-state index in [9.17, 15) is 4.79 Å². The second-order valence-corrected chi connectivity index (χ2v) is 4.70. The molecule has 1 aliphatic rings. The van der Waals surface area contributed by atoms with Gasteiger partial charge in [0.15, 0.2) is 0 Å². The molecule has 3 nitrogen and oxygen atoms in total. The highest BCUT2D eigenvalue weighted by Gasteiger charge is 2.26. The molecule has 0 radical (unpaired) electrons. The molecule has 0 aromatic rings. The Morgan fingerprint density at radius 1 is 1.53 bits per heavy atom. The first kappa shape index (κ1) is 19.1. The minimum atomic E-state index is 0. The molecule has 5 heteroatoms. The summed E-state index contributed by atoms with van der Waals surface area (Å²) in [5.41, 5.74) is 0.238. The summed E-state index contributed by atoms with van der Waals surface area (Å²) in [6.07, 6.45) is 5.51. The van der Waals surface area contributed by atoms with E-state index in [1.165, 1.54) is 12.8 Å². The Morgan fingerprint density at radius 3 is 2.76 bits per heavy atom. The van der Waals surface area contributed by atoms with Crippen molar-refractivity contribution in [2.75, 3.05) is 19.6 Å². The van der Waals surface area contributed by atoms with E-state index in [0.717, 1.165) is 26.1 Å². The van der Waals surface area contributed by atoms with Gasteiger partial charge in [0.25, 0.3) is 0 Å². The minimum absolute atomic E-state index is 0. The van der Waals surface area contributed by atoms with E-state index in [-0.39, 0.29) is 36.1 Å². The van der Waals surface area contributed by atoms with Crippen LogP contribution in [0.25, 0.3) is 0 Å². The van der Waals surface area contributed by atoms with E-state index in [0.29, 0.717) is 6.42 Å². The van der Waals surface area contributed by atoms with Crippen LogP contribution >= 0.6 is 24.8 Å². The number of nitrogens with one attached hydrogen (secondary N) is 2. The molecule has 2 N–H and O–H groups in total. The molecule has 0 aromatic carbocycles. The van der Waals surface area contributed by atoms with Crippen molar-refractivity contribution in [2.24, 2.45) is 5.41 Å². The van der Waals surface area contributed by atoms with Gasteiger partial charge in [0.2, 0.25) is 5.91 Å². The predicted molar refractivity (Wildman–Crippen MR) is 77.1 cm³/mol. The van der Waals surface area contributed by atoms with Crippen LogP contribution < -0.4 is 10.6 Å². The molecule has 1 heterocycles. The van der Waals surface area contributed by atoms with Crippen LogP contribution in [0.4, 0.5) is 0 Å². The topological polar surface area (TPSA) is 41.1 Å². The smallest absolute Gasteiger partial charge is 0.220 e. The van der Waals surface area contributed by atoms with E-state index in [4.69, 9.17) is 0 Å². The van der Waals surface area contributed by atoms with Crippen LogP contribution in [0.3, 0.4) is 0 Å². The van der Waals surface area contributed by atoms with Crippen molar-refractivity contribution in [3.05, 3.63) is 12.7 Å². The van der Waals surface area contributed by atoms with Crippen molar-refractivity contribution in [1.29, 1.82) is 0 Å². The first-order valence-electron chi connectivity index (χ1n) is 5.75. The van der Waals surface area contributed by atoms with Gasteiger partial charge in [-0.25, -0.2) is 0 Å². The second-order valence-electron chi connectivity index (χ2n) is 4.70. The number of piperidine rings is 1. The van der Waals surface area contributed by atoms with Crippen molar-refractivity contribution < 1.29 is 4.79 Å². The fourth-order valence-corrected chi connectivity index (χ4v) is 1.90. The van der Waals surface area contributed by atoms with Crippen molar-refractivity contribution in [3.8, 4) is 0 Å². The summed E-state index contributed by atoms with van der Waals surface area (Å²) in [5, 5.41) is 6.38. The van der Waals surface area contributed by atoms with Crippen molar-refractivity contribution in [3.63, 3.8) is 0 Å². The monoisotopic (exact) mass is 282 g/mol. The molecule has 1 amide bonds. The number of allylic oxidation sites excluding steroid dienone is 1. The predicted octanol–water partition coefficient (Wildman–Crippen LogP) is 2.30. The van der Waals surface area contributed by atoms with E-state index >= 15 is 0 Å². The van der Waals surface area contributed by atoms with Crippen molar-refractivity contribution >= 4 is 30.7 Å². The zero-order valence-electron chi connectivity index (χ0n) is 10.5. The number of carbonyl (C=O) groups excluding carboxylic acids is 1. The Hall–Kier alpha value is -0.250. The number of amides is 1. The van der Waals surface area contributed by atoms with Gasteiger partial charge in [0.1, 0.15) is 0 Å². The van der Waals surface area contributed by atoms with Crippen LogP contribution in [0.1, 0.15) is 32.6 Å². The molecule has 0 spiro atoms. The van der Waals surface area contributed by atoms with E-state index in [2.05, 4.69) is 24.1 Å². The van der Waals surface area contributed by atoms with Crippen molar-refractivity contribution in [1.82, 2.24) is 10.6 Å². The zero-order valence-corrected chi connectivity index (χ0v) is 12.1. The summed E-state index contributed by atoms with van der Waals surface area (Å²) >= 11 is 0. The third-order valence-electron chi connectivity index (χ3n) is 2.97. The highest BCUT2D eigenvalue weighted by atomic mass is 35.5. The Balaban J connectivity index is 0. The summed E-state index contributed by atoms with van der Waals surface area (Å²) in [6, 6.07) is 0. The molecule has 1 atom stereocenters. The molecule has 1 rings (SSSR count). The fourth-order valence-electron chi connectivity index (χ4n) is 1.90. The summed E-state index contributed by atoms with van der Waals surface area (Å²) in [6.45, 7) is 8.74. The highest BCUT2D eigenvalue weighted by Crippen LogP contribution is 2.24. The van der Waals surface area contributed by atoms with Crippen molar-refractivity contribution in [2.45, 2.75) is 32.6 Å². The maximum absolute atomic E-state index is 11.4. The third-order valence-corrected chi connectivity index (χ3v) is 2.97. The van der Waals surface area contributed by atoms with Crippen LogP contribution in [-0.4, -0.2) is 25.5 Å². The van der Waals surface area contributed by atoms with Gasteiger partial charge in [0, 0.05) is 19.5 Å².